The number of benzene rings is 3. The summed E-state index contributed by atoms with van der Waals surface area (Å²) in [5.74, 6) is -0.957. The molecule has 3 rings (SSSR count). The van der Waals surface area contributed by atoms with Gasteiger partial charge in [0.25, 0.3) is 15.9 Å². The Morgan fingerprint density at radius 3 is 2.22 bits per heavy atom. The van der Waals surface area contributed by atoms with E-state index in [0.717, 1.165) is 17.7 Å². The number of hydrogen-bond donors (Lipinski definition) is 2. The number of sulfonamides is 1. The Hall–Kier alpha value is -2.75. The number of nitrogens with one attached hydrogen (secondary N) is 2. The summed E-state index contributed by atoms with van der Waals surface area (Å²) >= 11 is 11.7. The van der Waals surface area contributed by atoms with E-state index in [1.807, 2.05) is 6.92 Å². The van der Waals surface area contributed by atoms with Crippen LogP contribution in [-0.4, -0.2) is 14.3 Å². The zero-order chi connectivity index (χ0) is 23.7. The Bertz CT molecular complexity index is 1280. The second-order valence-electron chi connectivity index (χ2n) is 6.76. The third-order valence-corrected chi connectivity index (χ3v) is 6.42. The Morgan fingerprint density at radius 2 is 1.59 bits per heavy atom. The molecule has 168 valence electrons. The molecule has 0 unspecified atom stereocenters. The average molecular weight is 503 g/mol. The van der Waals surface area contributed by atoms with E-state index in [-0.39, 0.29) is 21.3 Å². The number of carbonyl (C=O) groups is 1. The zero-order valence-electron chi connectivity index (χ0n) is 16.3. The number of anilines is 2. The molecule has 0 fully saturated rings. The highest BCUT2D eigenvalue weighted by molar-refractivity contribution is 7.92. The highest BCUT2D eigenvalue weighted by Gasteiger charge is 2.34. The lowest BCUT2D eigenvalue weighted by Crippen LogP contribution is -2.18. The van der Waals surface area contributed by atoms with Crippen molar-refractivity contribution in [3.63, 3.8) is 0 Å². The van der Waals surface area contributed by atoms with E-state index in [2.05, 4.69) is 10.0 Å². The molecule has 3 aromatic rings. The fourth-order valence-electron chi connectivity index (χ4n) is 2.74. The molecule has 0 atom stereocenters. The number of carbonyl (C=O) groups excluding carboxylic acids is 1. The van der Waals surface area contributed by atoms with Crippen LogP contribution in [0.5, 0.6) is 0 Å². The van der Waals surface area contributed by atoms with Crippen molar-refractivity contribution in [3.05, 3.63) is 87.4 Å². The van der Waals surface area contributed by atoms with E-state index in [9.17, 15) is 26.4 Å². The molecule has 3 aromatic carbocycles. The molecule has 0 aromatic heterocycles. The topological polar surface area (TPSA) is 75.3 Å². The van der Waals surface area contributed by atoms with Crippen LogP contribution in [0.2, 0.25) is 10.0 Å². The van der Waals surface area contributed by atoms with Crippen LogP contribution in [0.15, 0.2) is 65.6 Å². The Morgan fingerprint density at radius 1 is 0.938 bits per heavy atom. The zero-order valence-corrected chi connectivity index (χ0v) is 18.6. The van der Waals surface area contributed by atoms with E-state index in [4.69, 9.17) is 23.2 Å². The fourth-order valence-corrected chi connectivity index (χ4v) is 4.49. The number of aryl methyl sites for hydroxylation is 1. The van der Waals surface area contributed by atoms with Gasteiger partial charge in [-0.05, 0) is 55.5 Å². The monoisotopic (exact) mass is 502 g/mol. The molecule has 11 heteroatoms. The lowest BCUT2D eigenvalue weighted by atomic mass is 10.1. The molecule has 0 aliphatic carbocycles. The fraction of sp³-hybridized carbons (Fsp3) is 0.0952. The summed E-state index contributed by atoms with van der Waals surface area (Å²) < 4.78 is 67.7. The van der Waals surface area contributed by atoms with Gasteiger partial charge in [-0.1, -0.05) is 40.9 Å². The summed E-state index contributed by atoms with van der Waals surface area (Å²) in [7, 11) is -4.18. The maximum atomic E-state index is 13.3. The van der Waals surface area contributed by atoms with Gasteiger partial charge in [-0.25, -0.2) is 8.42 Å². The average Bonchev–Trinajstić information content (AvgIpc) is 2.70. The quantitative estimate of drug-likeness (QED) is 0.425. The number of rotatable bonds is 5. The van der Waals surface area contributed by atoms with Gasteiger partial charge in [0, 0.05) is 16.3 Å². The van der Waals surface area contributed by atoms with Crippen molar-refractivity contribution in [1.82, 2.24) is 0 Å². The molecule has 0 aliphatic heterocycles. The number of alkyl halides is 3. The minimum atomic E-state index is -4.76. The third kappa shape index (κ3) is 5.53. The summed E-state index contributed by atoms with van der Waals surface area (Å²) in [4.78, 5) is 12.2. The molecule has 0 radical (unpaired) electrons. The predicted molar refractivity (Wildman–Crippen MR) is 118 cm³/mol. The maximum Gasteiger partial charge on any atom is 0.418 e. The Kier molecular flexibility index (Phi) is 6.73. The third-order valence-electron chi connectivity index (χ3n) is 4.32. The number of hydrogen-bond acceptors (Lipinski definition) is 3. The van der Waals surface area contributed by atoms with Gasteiger partial charge in [0.05, 0.1) is 16.3 Å². The molecular weight excluding hydrogens is 488 g/mol. The van der Waals surface area contributed by atoms with Gasteiger partial charge in [-0.3, -0.25) is 9.52 Å². The van der Waals surface area contributed by atoms with E-state index in [0.29, 0.717) is 6.07 Å². The van der Waals surface area contributed by atoms with Crippen LogP contribution in [0.4, 0.5) is 24.5 Å². The van der Waals surface area contributed by atoms with Gasteiger partial charge >= 0.3 is 6.18 Å². The van der Waals surface area contributed by atoms with Crippen LogP contribution in [-0.2, 0) is 16.2 Å². The second kappa shape index (κ2) is 9.01. The molecule has 0 saturated carbocycles. The van der Waals surface area contributed by atoms with Crippen LogP contribution in [0.3, 0.4) is 0 Å². The van der Waals surface area contributed by atoms with Gasteiger partial charge in [0.2, 0.25) is 0 Å². The predicted octanol–water partition coefficient (Wildman–Crippen LogP) is 6.37. The molecule has 0 aliphatic rings. The Labute approximate surface area is 192 Å². The largest absolute Gasteiger partial charge is 0.418 e. The summed E-state index contributed by atoms with van der Waals surface area (Å²) in [6.07, 6.45) is -4.76. The highest BCUT2D eigenvalue weighted by atomic mass is 35.5. The summed E-state index contributed by atoms with van der Waals surface area (Å²) in [6, 6.07) is 12.7. The molecule has 32 heavy (non-hydrogen) atoms. The summed E-state index contributed by atoms with van der Waals surface area (Å²) in [6.45, 7) is 1.84. The van der Waals surface area contributed by atoms with E-state index in [1.54, 1.807) is 24.3 Å². The molecule has 0 saturated heterocycles. The molecule has 2 N–H and O–H groups in total. The van der Waals surface area contributed by atoms with Gasteiger partial charge < -0.3 is 5.32 Å². The molecule has 0 heterocycles. The van der Waals surface area contributed by atoms with Crippen molar-refractivity contribution in [2.45, 2.75) is 18.0 Å². The second-order valence-corrected chi connectivity index (χ2v) is 9.25. The minimum absolute atomic E-state index is 0.155. The standard InChI is InChI=1S/C21H15Cl2F3N2O3S/c1-12-2-6-15(7-3-12)28-32(30,31)19-10-13(4-8-17(19)23)20(29)27-18-9-5-14(22)11-16(18)21(24,25)26/h2-11,28H,1H3,(H,27,29). The van der Waals surface area contributed by atoms with Gasteiger partial charge in [-0.2, -0.15) is 13.2 Å². The van der Waals surface area contributed by atoms with Crippen LogP contribution >= 0.6 is 23.2 Å². The first-order valence-corrected chi connectivity index (χ1v) is 11.2. The highest BCUT2D eigenvalue weighted by Crippen LogP contribution is 2.37. The summed E-state index contributed by atoms with van der Waals surface area (Å²) in [5.41, 5.74) is -0.672. The van der Waals surface area contributed by atoms with E-state index < -0.39 is 38.3 Å². The molecule has 1 amide bonds. The van der Waals surface area contributed by atoms with Crippen molar-refractivity contribution < 1.29 is 26.4 Å². The van der Waals surface area contributed by atoms with Gasteiger partial charge in [0.1, 0.15) is 4.90 Å². The first-order chi connectivity index (χ1) is 14.9. The SMILES string of the molecule is Cc1ccc(NS(=O)(=O)c2cc(C(=O)Nc3ccc(Cl)cc3C(F)(F)F)ccc2Cl)cc1. The first-order valence-electron chi connectivity index (χ1n) is 8.94. The van der Waals surface area contributed by atoms with Crippen LogP contribution in [0, 0.1) is 6.92 Å². The number of halogens is 5. The van der Waals surface area contributed by atoms with Crippen molar-refractivity contribution in [1.29, 1.82) is 0 Å². The van der Waals surface area contributed by atoms with Crippen molar-refractivity contribution in [2.75, 3.05) is 10.0 Å². The lowest BCUT2D eigenvalue weighted by molar-refractivity contribution is -0.136. The molecule has 5 nitrogen and oxygen atoms in total. The van der Waals surface area contributed by atoms with Gasteiger partial charge in [0.15, 0.2) is 0 Å². The molecular formula is C21H15Cl2F3N2O3S. The van der Waals surface area contributed by atoms with Crippen molar-refractivity contribution in [3.8, 4) is 0 Å². The van der Waals surface area contributed by atoms with E-state index >= 15 is 0 Å². The molecule has 0 spiro atoms. The summed E-state index contributed by atoms with van der Waals surface area (Å²) in [5, 5.41) is 1.82. The van der Waals surface area contributed by atoms with E-state index in [1.165, 1.54) is 18.2 Å². The normalized spacial score (nSPS) is 11.8. The van der Waals surface area contributed by atoms with Crippen LogP contribution in [0.1, 0.15) is 21.5 Å². The smallest absolute Gasteiger partial charge is 0.321 e. The minimum Gasteiger partial charge on any atom is -0.321 e. The van der Waals surface area contributed by atoms with Crippen molar-refractivity contribution in [2.24, 2.45) is 0 Å². The van der Waals surface area contributed by atoms with Gasteiger partial charge in [-0.15, -0.1) is 0 Å². The Balaban J connectivity index is 1.92. The molecule has 0 bridgehead atoms. The number of amides is 1. The first kappa shape index (κ1) is 23.9. The van der Waals surface area contributed by atoms with Crippen LogP contribution < -0.4 is 10.0 Å². The van der Waals surface area contributed by atoms with Crippen LogP contribution in [0.25, 0.3) is 0 Å². The van der Waals surface area contributed by atoms with Crippen molar-refractivity contribution >= 4 is 50.5 Å². The lowest BCUT2D eigenvalue weighted by Gasteiger charge is -2.15. The maximum absolute atomic E-state index is 13.3.